The highest BCUT2D eigenvalue weighted by molar-refractivity contribution is 9.10. The maximum atomic E-state index is 12.6. The number of amidine groups is 1. The smallest absolute Gasteiger partial charge is 0.285 e. The molecule has 0 aromatic heterocycles. The zero-order valence-electron chi connectivity index (χ0n) is 16.0. The number of rotatable bonds is 4. The van der Waals surface area contributed by atoms with Crippen molar-refractivity contribution in [3.8, 4) is 0 Å². The van der Waals surface area contributed by atoms with Crippen LogP contribution in [0.3, 0.4) is 0 Å². The van der Waals surface area contributed by atoms with Crippen molar-refractivity contribution >= 4 is 43.4 Å². The first-order valence-electron chi connectivity index (χ1n) is 9.21. The van der Waals surface area contributed by atoms with Gasteiger partial charge >= 0.3 is 0 Å². The highest BCUT2D eigenvalue weighted by Gasteiger charge is 2.28. The summed E-state index contributed by atoms with van der Waals surface area (Å²) in [7, 11) is -3.68. The molecule has 1 atom stereocenters. The minimum Gasteiger partial charge on any atom is -0.346 e. The van der Waals surface area contributed by atoms with Crippen molar-refractivity contribution in [2.24, 2.45) is 4.40 Å². The molecular weight excluding hydrogens is 466 g/mol. The molecule has 2 N–H and O–H groups in total. The van der Waals surface area contributed by atoms with Crippen molar-refractivity contribution in [1.82, 2.24) is 5.32 Å². The second kappa shape index (κ2) is 8.04. The summed E-state index contributed by atoms with van der Waals surface area (Å²) in [6, 6.07) is 21.1. The van der Waals surface area contributed by atoms with Crippen LogP contribution in [0.5, 0.6) is 0 Å². The van der Waals surface area contributed by atoms with Crippen LogP contribution in [0.4, 0.5) is 5.69 Å². The topological polar surface area (TPSA) is 87.6 Å². The second-order valence-corrected chi connectivity index (χ2v) is 9.35. The van der Waals surface area contributed by atoms with Crippen molar-refractivity contribution in [1.29, 1.82) is 0 Å². The zero-order valence-corrected chi connectivity index (χ0v) is 18.4. The van der Waals surface area contributed by atoms with Crippen molar-refractivity contribution < 1.29 is 13.2 Å². The lowest BCUT2D eigenvalue weighted by Crippen LogP contribution is -2.26. The summed E-state index contributed by atoms with van der Waals surface area (Å²) in [4.78, 5) is 12.8. The minimum absolute atomic E-state index is 0.151. The summed E-state index contributed by atoms with van der Waals surface area (Å²) in [6.07, 6.45) is 0. The van der Waals surface area contributed by atoms with Gasteiger partial charge in [0.15, 0.2) is 5.84 Å². The van der Waals surface area contributed by atoms with Gasteiger partial charge in [-0.2, -0.15) is 8.42 Å². The zero-order chi connectivity index (χ0) is 21.3. The fourth-order valence-corrected chi connectivity index (χ4v) is 4.77. The molecule has 0 aliphatic carbocycles. The van der Waals surface area contributed by atoms with Gasteiger partial charge < -0.3 is 10.6 Å². The van der Waals surface area contributed by atoms with E-state index in [-0.39, 0.29) is 22.7 Å². The Morgan fingerprint density at radius 3 is 2.47 bits per heavy atom. The predicted molar refractivity (Wildman–Crippen MR) is 120 cm³/mol. The molecular formula is C22H18BrN3O3S. The third-order valence-electron chi connectivity index (χ3n) is 4.74. The van der Waals surface area contributed by atoms with Crippen LogP contribution in [0.1, 0.15) is 34.5 Å². The summed E-state index contributed by atoms with van der Waals surface area (Å²) in [6.45, 7) is 1.92. The van der Waals surface area contributed by atoms with Crippen LogP contribution in [0.25, 0.3) is 0 Å². The number of amides is 1. The van der Waals surface area contributed by atoms with Gasteiger partial charge in [-0.25, -0.2) is 0 Å². The van der Waals surface area contributed by atoms with Gasteiger partial charge in [0.05, 0.1) is 6.04 Å². The molecule has 0 radical (unpaired) electrons. The Morgan fingerprint density at radius 2 is 1.73 bits per heavy atom. The van der Waals surface area contributed by atoms with Gasteiger partial charge in [0, 0.05) is 21.3 Å². The number of benzene rings is 3. The molecule has 6 nitrogen and oxygen atoms in total. The maximum Gasteiger partial charge on any atom is 0.285 e. The number of fused-ring (bicyclic) bond motifs is 1. The van der Waals surface area contributed by atoms with Gasteiger partial charge in [0.2, 0.25) is 0 Å². The van der Waals surface area contributed by atoms with Gasteiger partial charge in [-0.05, 0) is 61.0 Å². The third-order valence-corrected chi connectivity index (χ3v) is 6.57. The molecule has 1 aliphatic rings. The van der Waals surface area contributed by atoms with Crippen molar-refractivity contribution in [2.75, 3.05) is 5.32 Å². The molecule has 3 aromatic carbocycles. The summed E-state index contributed by atoms with van der Waals surface area (Å²) in [5.74, 6) is 0.0752. The van der Waals surface area contributed by atoms with E-state index in [0.29, 0.717) is 16.8 Å². The number of anilines is 1. The molecule has 30 heavy (non-hydrogen) atoms. The first kappa shape index (κ1) is 20.3. The Bertz CT molecular complexity index is 1250. The van der Waals surface area contributed by atoms with E-state index in [1.54, 1.807) is 42.5 Å². The first-order chi connectivity index (χ1) is 14.3. The van der Waals surface area contributed by atoms with Gasteiger partial charge in [-0.15, -0.1) is 4.40 Å². The largest absolute Gasteiger partial charge is 0.346 e. The van der Waals surface area contributed by atoms with Crippen molar-refractivity contribution in [2.45, 2.75) is 17.9 Å². The molecule has 152 valence electrons. The van der Waals surface area contributed by atoms with Crippen LogP contribution in [-0.2, 0) is 10.0 Å². The molecule has 0 fully saturated rings. The molecule has 1 aliphatic heterocycles. The number of hydrogen-bond acceptors (Lipinski definition) is 4. The van der Waals surface area contributed by atoms with Crippen molar-refractivity contribution in [3.05, 3.63) is 94.0 Å². The normalized spacial score (nSPS) is 15.1. The quantitative estimate of drug-likeness (QED) is 0.571. The van der Waals surface area contributed by atoms with E-state index in [2.05, 4.69) is 31.0 Å². The minimum atomic E-state index is -3.68. The first-order valence-corrected chi connectivity index (χ1v) is 11.4. The summed E-state index contributed by atoms with van der Waals surface area (Å²) in [5.41, 5.74) is 2.67. The molecule has 1 amide bonds. The molecule has 0 bridgehead atoms. The lowest BCUT2D eigenvalue weighted by Gasteiger charge is -2.15. The van der Waals surface area contributed by atoms with Crippen LogP contribution in [0.15, 0.2) is 86.6 Å². The number of carbonyl (C=O) groups is 1. The van der Waals surface area contributed by atoms with E-state index in [1.807, 2.05) is 31.2 Å². The standard InChI is InChI=1S/C22H18BrN3O3S/c1-14(16-5-4-6-17(23)13-16)24-22(27)15-9-11-18(12-10-15)25-21-19-7-2-3-8-20(19)30(28,29)26-21/h2-14H,1H3,(H,24,27)(H,25,26). The lowest BCUT2D eigenvalue weighted by molar-refractivity contribution is 0.0940. The van der Waals surface area contributed by atoms with Crippen LogP contribution in [0.2, 0.25) is 0 Å². The predicted octanol–water partition coefficient (Wildman–Crippen LogP) is 4.50. The van der Waals surface area contributed by atoms with Gasteiger partial charge in [-0.3, -0.25) is 4.79 Å². The fourth-order valence-electron chi connectivity index (χ4n) is 3.18. The molecule has 1 unspecified atom stereocenters. The molecule has 1 heterocycles. The van der Waals surface area contributed by atoms with Crippen LogP contribution in [-0.4, -0.2) is 20.2 Å². The average Bonchev–Trinajstić information content (AvgIpc) is 2.99. The van der Waals surface area contributed by atoms with Crippen LogP contribution < -0.4 is 10.6 Å². The Kier molecular flexibility index (Phi) is 5.44. The fraction of sp³-hybridized carbons (Fsp3) is 0.0909. The Hall–Kier alpha value is -2.97. The number of sulfonamides is 1. The Morgan fingerprint density at radius 1 is 1.00 bits per heavy atom. The molecule has 0 saturated carbocycles. The third kappa shape index (κ3) is 4.15. The van der Waals surface area contributed by atoms with Gasteiger partial charge in [-0.1, -0.05) is 40.2 Å². The number of carbonyl (C=O) groups excluding carboxylic acids is 1. The summed E-state index contributed by atoms with van der Waals surface area (Å²) >= 11 is 3.44. The van der Waals surface area contributed by atoms with E-state index >= 15 is 0 Å². The number of hydrogen-bond donors (Lipinski definition) is 2. The molecule has 8 heteroatoms. The average molecular weight is 484 g/mol. The highest BCUT2D eigenvalue weighted by atomic mass is 79.9. The van der Waals surface area contributed by atoms with Gasteiger partial charge in [0.1, 0.15) is 4.90 Å². The highest BCUT2D eigenvalue weighted by Crippen LogP contribution is 2.27. The Balaban J connectivity index is 1.47. The number of nitrogens with zero attached hydrogens (tertiary/aromatic N) is 1. The maximum absolute atomic E-state index is 12.6. The monoisotopic (exact) mass is 483 g/mol. The number of halogens is 1. The van der Waals surface area contributed by atoms with E-state index in [4.69, 9.17) is 0 Å². The van der Waals surface area contributed by atoms with Gasteiger partial charge in [0.25, 0.3) is 15.9 Å². The summed E-state index contributed by atoms with van der Waals surface area (Å²) < 4.78 is 29.1. The SMILES string of the molecule is CC(NC(=O)c1ccc(NC2=NS(=O)(=O)c3ccccc32)cc1)c1cccc(Br)c1. The second-order valence-electron chi connectivity index (χ2n) is 6.86. The molecule has 4 rings (SSSR count). The lowest BCUT2D eigenvalue weighted by atomic mass is 10.1. The Labute approximate surface area is 183 Å². The van der Waals surface area contributed by atoms with E-state index in [9.17, 15) is 13.2 Å². The van der Waals surface area contributed by atoms with E-state index in [0.717, 1.165) is 10.0 Å². The van der Waals surface area contributed by atoms with Crippen molar-refractivity contribution in [3.63, 3.8) is 0 Å². The molecule has 0 spiro atoms. The van der Waals surface area contributed by atoms with E-state index < -0.39 is 10.0 Å². The van der Waals surface area contributed by atoms with E-state index in [1.165, 1.54) is 6.07 Å². The summed E-state index contributed by atoms with van der Waals surface area (Å²) in [5, 5.41) is 6.00. The number of nitrogens with one attached hydrogen (secondary N) is 2. The van der Waals surface area contributed by atoms with Crippen LogP contribution in [0, 0.1) is 0 Å². The van der Waals surface area contributed by atoms with Crippen LogP contribution >= 0.6 is 15.9 Å². The molecule has 0 saturated heterocycles. The molecule has 3 aromatic rings.